The third-order valence-electron chi connectivity index (χ3n) is 3.14. The van der Waals surface area contributed by atoms with Crippen LogP contribution in [0, 0.1) is 5.82 Å². The van der Waals surface area contributed by atoms with E-state index in [-0.39, 0.29) is 16.9 Å². The van der Waals surface area contributed by atoms with E-state index in [1.807, 2.05) is 0 Å². The predicted molar refractivity (Wildman–Crippen MR) is 82.0 cm³/mol. The van der Waals surface area contributed by atoms with Gasteiger partial charge in [0.15, 0.2) is 0 Å². The molecule has 0 aliphatic heterocycles. The van der Waals surface area contributed by atoms with Crippen molar-refractivity contribution in [2.75, 3.05) is 0 Å². The standard InChI is InChI=1S/C15H10FN3O2S/c16-9-3-1-7(2-4-9)15-19-12-10(14(18)21)5-8(13(17)20)6-11(12)22-15/h1-6H,(H2,17,20)(H2,18,21). The molecule has 2 aromatic carbocycles. The van der Waals surface area contributed by atoms with Crippen LogP contribution in [0.1, 0.15) is 20.7 Å². The molecule has 2 amide bonds. The van der Waals surface area contributed by atoms with Gasteiger partial charge in [-0.3, -0.25) is 9.59 Å². The normalized spacial score (nSPS) is 10.8. The van der Waals surface area contributed by atoms with Gasteiger partial charge < -0.3 is 11.5 Å². The monoisotopic (exact) mass is 315 g/mol. The molecule has 4 N–H and O–H groups in total. The molecule has 7 heteroatoms. The van der Waals surface area contributed by atoms with Gasteiger partial charge in [0.25, 0.3) is 5.91 Å². The van der Waals surface area contributed by atoms with Gasteiger partial charge in [0.2, 0.25) is 5.91 Å². The smallest absolute Gasteiger partial charge is 0.250 e. The van der Waals surface area contributed by atoms with Crippen LogP contribution in [-0.2, 0) is 0 Å². The number of benzene rings is 2. The molecule has 5 nitrogen and oxygen atoms in total. The minimum Gasteiger partial charge on any atom is -0.366 e. The maximum Gasteiger partial charge on any atom is 0.250 e. The Bertz CT molecular complexity index is 903. The first kappa shape index (κ1) is 14.2. The molecule has 0 aliphatic rings. The van der Waals surface area contributed by atoms with Gasteiger partial charge in [-0.2, -0.15) is 0 Å². The van der Waals surface area contributed by atoms with Gasteiger partial charge in [0.1, 0.15) is 10.8 Å². The number of carbonyl (C=O) groups excluding carboxylic acids is 2. The molecule has 0 saturated heterocycles. The quantitative estimate of drug-likeness (QED) is 0.775. The Hall–Kier alpha value is -2.80. The summed E-state index contributed by atoms with van der Waals surface area (Å²) in [7, 11) is 0. The summed E-state index contributed by atoms with van der Waals surface area (Å²) in [5.74, 6) is -1.69. The minimum absolute atomic E-state index is 0.135. The lowest BCUT2D eigenvalue weighted by Gasteiger charge is -2.00. The summed E-state index contributed by atoms with van der Waals surface area (Å²) in [6.07, 6.45) is 0. The van der Waals surface area contributed by atoms with Crippen molar-refractivity contribution in [1.29, 1.82) is 0 Å². The Morgan fingerprint density at radius 2 is 1.73 bits per heavy atom. The van der Waals surface area contributed by atoms with E-state index in [1.54, 1.807) is 18.2 Å². The zero-order chi connectivity index (χ0) is 15.9. The van der Waals surface area contributed by atoms with E-state index >= 15 is 0 Å². The maximum absolute atomic E-state index is 13.0. The largest absolute Gasteiger partial charge is 0.366 e. The van der Waals surface area contributed by atoms with E-state index in [1.165, 1.54) is 29.5 Å². The fourth-order valence-corrected chi connectivity index (χ4v) is 3.11. The summed E-state index contributed by atoms with van der Waals surface area (Å²) < 4.78 is 13.6. The molecule has 22 heavy (non-hydrogen) atoms. The van der Waals surface area contributed by atoms with Crippen LogP contribution in [0.5, 0.6) is 0 Å². The van der Waals surface area contributed by atoms with Crippen LogP contribution in [0.15, 0.2) is 36.4 Å². The highest BCUT2D eigenvalue weighted by Gasteiger charge is 2.16. The number of nitrogens with two attached hydrogens (primary N) is 2. The minimum atomic E-state index is -0.691. The van der Waals surface area contributed by atoms with Crippen molar-refractivity contribution in [1.82, 2.24) is 4.98 Å². The number of primary amides is 2. The van der Waals surface area contributed by atoms with Crippen molar-refractivity contribution in [2.24, 2.45) is 11.5 Å². The van der Waals surface area contributed by atoms with Crippen LogP contribution < -0.4 is 11.5 Å². The molecule has 0 aliphatic carbocycles. The van der Waals surface area contributed by atoms with E-state index in [4.69, 9.17) is 11.5 Å². The molecule has 0 saturated carbocycles. The number of hydrogen-bond donors (Lipinski definition) is 2. The SMILES string of the molecule is NC(=O)c1cc(C(N)=O)c2nc(-c3ccc(F)cc3)sc2c1. The van der Waals surface area contributed by atoms with Crippen molar-refractivity contribution >= 4 is 33.4 Å². The number of aromatic nitrogens is 1. The van der Waals surface area contributed by atoms with Gasteiger partial charge in [0.05, 0.1) is 15.8 Å². The highest BCUT2D eigenvalue weighted by molar-refractivity contribution is 7.21. The van der Waals surface area contributed by atoms with Crippen LogP contribution in [0.25, 0.3) is 20.8 Å². The fraction of sp³-hybridized carbons (Fsp3) is 0. The average molecular weight is 315 g/mol. The van der Waals surface area contributed by atoms with Gasteiger partial charge in [-0.1, -0.05) is 0 Å². The van der Waals surface area contributed by atoms with E-state index in [2.05, 4.69) is 4.98 Å². The Labute approximate surface area is 128 Å². The second-order valence-corrected chi connectivity index (χ2v) is 5.66. The van der Waals surface area contributed by atoms with E-state index < -0.39 is 11.8 Å². The number of halogens is 1. The first-order valence-corrected chi connectivity index (χ1v) is 7.07. The second kappa shape index (κ2) is 5.19. The highest BCUT2D eigenvalue weighted by atomic mass is 32.1. The summed E-state index contributed by atoms with van der Waals surface area (Å²) >= 11 is 1.27. The Balaban J connectivity index is 2.24. The number of hydrogen-bond acceptors (Lipinski definition) is 4. The summed E-state index contributed by atoms with van der Waals surface area (Å²) in [6.45, 7) is 0. The third kappa shape index (κ3) is 2.42. The summed E-state index contributed by atoms with van der Waals surface area (Å²) in [5.41, 5.74) is 12.0. The van der Waals surface area contributed by atoms with Crippen molar-refractivity contribution in [3.63, 3.8) is 0 Å². The summed E-state index contributed by atoms with van der Waals surface area (Å²) in [5, 5.41) is 0.596. The molecule has 0 atom stereocenters. The zero-order valence-electron chi connectivity index (χ0n) is 11.2. The third-order valence-corrected chi connectivity index (χ3v) is 4.19. The first-order valence-electron chi connectivity index (χ1n) is 6.26. The summed E-state index contributed by atoms with van der Waals surface area (Å²) in [4.78, 5) is 27.3. The van der Waals surface area contributed by atoms with Crippen molar-refractivity contribution in [3.05, 3.63) is 53.3 Å². The first-order chi connectivity index (χ1) is 10.5. The molecule has 3 rings (SSSR count). The number of fused-ring (bicyclic) bond motifs is 1. The van der Waals surface area contributed by atoms with Crippen molar-refractivity contribution < 1.29 is 14.0 Å². The van der Waals surface area contributed by atoms with Gasteiger partial charge in [0, 0.05) is 11.1 Å². The predicted octanol–water partition coefficient (Wildman–Crippen LogP) is 2.30. The lowest BCUT2D eigenvalue weighted by molar-refractivity contribution is 0.0999. The molecule has 0 fully saturated rings. The van der Waals surface area contributed by atoms with E-state index in [0.717, 1.165) is 0 Å². The number of rotatable bonds is 3. The van der Waals surface area contributed by atoms with Crippen LogP contribution in [0.3, 0.4) is 0 Å². The molecule has 1 heterocycles. The zero-order valence-corrected chi connectivity index (χ0v) is 12.0. The number of amides is 2. The highest BCUT2D eigenvalue weighted by Crippen LogP contribution is 2.32. The lowest BCUT2D eigenvalue weighted by atomic mass is 10.1. The summed E-state index contributed by atoms with van der Waals surface area (Å²) in [6, 6.07) is 8.73. The molecule has 110 valence electrons. The van der Waals surface area contributed by atoms with E-state index in [0.29, 0.717) is 20.8 Å². The molecule has 1 aromatic heterocycles. The fourth-order valence-electron chi connectivity index (χ4n) is 2.08. The van der Waals surface area contributed by atoms with Crippen molar-refractivity contribution in [3.8, 4) is 10.6 Å². The topological polar surface area (TPSA) is 99.1 Å². The second-order valence-electron chi connectivity index (χ2n) is 4.62. The molecular weight excluding hydrogens is 305 g/mol. The molecule has 3 aromatic rings. The molecule has 0 bridgehead atoms. The van der Waals surface area contributed by atoms with Crippen LogP contribution >= 0.6 is 11.3 Å². The van der Waals surface area contributed by atoms with Crippen LogP contribution in [-0.4, -0.2) is 16.8 Å². The Kier molecular flexibility index (Phi) is 3.34. The molecule has 0 unspecified atom stereocenters. The Morgan fingerprint density at radius 3 is 2.32 bits per heavy atom. The van der Waals surface area contributed by atoms with Gasteiger partial charge in [-0.15, -0.1) is 11.3 Å². The number of carbonyl (C=O) groups is 2. The molecule has 0 radical (unpaired) electrons. The average Bonchev–Trinajstić information content (AvgIpc) is 2.90. The number of thiazole rings is 1. The number of nitrogens with zero attached hydrogens (tertiary/aromatic N) is 1. The van der Waals surface area contributed by atoms with Gasteiger partial charge >= 0.3 is 0 Å². The maximum atomic E-state index is 13.0. The van der Waals surface area contributed by atoms with Crippen LogP contribution in [0.2, 0.25) is 0 Å². The van der Waals surface area contributed by atoms with E-state index in [9.17, 15) is 14.0 Å². The lowest BCUT2D eigenvalue weighted by Crippen LogP contribution is -2.15. The van der Waals surface area contributed by atoms with Gasteiger partial charge in [-0.25, -0.2) is 9.37 Å². The van der Waals surface area contributed by atoms with Crippen molar-refractivity contribution in [2.45, 2.75) is 0 Å². The molecule has 0 spiro atoms. The Morgan fingerprint density at radius 1 is 1.05 bits per heavy atom. The van der Waals surface area contributed by atoms with Gasteiger partial charge in [-0.05, 0) is 36.4 Å². The molecular formula is C15H10FN3O2S. The van der Waals surface area contributed by atoms with Crippen LogP contribution in [0.4, 0.5) is 4.39 Å².